The number of amides is 1. The lowest BCUT2D eigenvalue weighted by atomic mass is 9.98. The number of unbranched alkanes of at least 4 members (excludes halogenated alkanes) is 2. The predicted octanol–water partition coefficient (Wildman–Crippen LogP) is 6.23. The minimum Gasteiger partial charge on any atom is -0.494 e. The van der Waals surface area contributed by atoms with Crippen LogP contribution in [-0.2, 0) is 20.9 Å². The van der Waals surface area contributed by atoms with Gasteiger partial charge in [0, 0.05) is 5.92 Å². The Balaban J connectivity index is 1.22. The molecule has 4 rings (SSSR count). The molecule has 3 aromatic carbocycles. The van der Waals surface area contributed by atoms with E-state index in [0.717, 1.165) is 52.8 Å². The zero-order valence-corrected chi connectivity index (χ0v) is 20.9. The quantitative estimate of drug-likeness (QED) is 0.257. The highest BCUT2D eigenvalue weighted by atomic mass is 16.6. The van der Waals surface area contributed by atoms with Crippen molar-refractivity contribution in [3.8, 4) is 16.9 Å². The van der Waals surface area contributed by atoms with Crippen LogP contribution in [0.1, 0.15) is 55.7 Å². The maximum atomic E-state index is 12.4. The molecule has 0 heterocycles. The third kappa shape index (κ3) is 6.25. The van der Waals surface area contributed by atoms with E-state index in [2.05, 4.69) is 36.5 Å². The maximum Gasteiger partial charge on any atom is 0.407 e. The summed E-state index contributed by atoms with van der Waals surface area (Å²) in [5.74, 6) is 0.235. The normalized spacial score (nSPS) is 12.8. The molecule has 6 nitrogen and oxygen atoms in total. The highest BCUT2D eigenvalue weighted by Crippen LogP contribution is 2.44. The third-order valence-electron chi connectivity index (χ3n) is 6.35. The maximum absolute atomic E-state index is 12.4. The number of ether oxygens (including phenoxy) is 3. The number of esters is 1. The fourth-order valence-electron chi connectivity index (χ4n) is 4.38. The summed E-state index contributed by atoms with van der Waals surface area (Å²) in [6, 6.07) is 22.9. The van der Waals surface area contributed by atoms with Gasteiger partial charge in [-0.25, -0.2) is 9.59 Å². The number of carbonyl (C=O) groups is 2. The summed E-state index contributed by atoms with van der Waals surface area (Å²) in [6.45, 7) is 4.74. The van der Waals surface area contributed by atoms with Gasteiger partial charge in [0.25, 0.3) is 0 Å². The lowest BCUT2D eigenvalue weighted by Crippen LogP contribution is -2.40. The van der Waals surface area contributed by atoms with Crippen LogP contribution in [0.4, 0.5) is 4.79 Å². The van der Waals surface area contributed by atoms with E-state index >= 15 is 0 Å². The fraction of sp³-hybridized carbons (Fsp3) is 0.333. The highest BCUT2D eigenvalue weighted by Gasteiger charge is 2.29. The molecule has 6 heteroatoms. The number of benzene rings is 3. The van der Waals surface area contributed by atoms with E-state index in [1.54, 1.807) is 6.92 Å². The molecule has 0 spiro atoms. The zero-order chi connectivity index (χ0) is 25.3. The zero-order valence-electron chi connectivity index (χ0n) is 20.9. The molecule has 0 saturated carbocycles. The van der Waals surface area contributed by atoms with Gasteiger partial charge in [-0.15, -0.1) is 0 Å². The van der Waals surface area contributed by atoms with Crippen molar-refractivity contribution in [2.45, 2.75) is 51.7 Å². The van der Waals surface area contributed by atoms with Gasteiger partial charge in [-0.3, -0.25) is 0 Å². The number of hydrogen-bond acceptors (Lipinski definition) is 5. The second kappa shape index (κ2) is 12.2. The summed E-state index contributed by atoms with van der Waals surface area (Å²) in [5, 5.41) is 2.57. The van der Waals surface area contributed by atoms with Gasteiger partial charge in [0.05, 0.1) is 6.61 Å². The van der Waals surface area contributed by atoms with Crippen molar-refractivity contribution >= 4 is 12.1 Å². The van der Waals surface area contributed by atoms with Crippen LogP contribution >= 0.6 is 0 Å². The number of alkyl carbamates (subject to hydrolysis) is 1. The molecule has 1 amide bonds. The van der Waals surface area contributed by atoms with Crippen molar-refractivity contribution in [1.29, 1.82) is 0 Å². The largest absolute Gasteiger partial charge is 0.494 e. The Morgan fingerprint density at radius 3 is 2.14 bits per heavy atom. The SMILES string of the molecule is CCCCCOc1ccc(COC(=O)C(C)NC(=O)OCC2c3ccccc3-c3ccccc32)cc1. The molecular weight excluding hydrogens is 454 g/mol. The van der Waals surface area contributed by atoms with Crippen molar-refractivity contribution in [2.24, 2.45) is 0 Å². The molecule has 1 aliphatic rings. The van der Waals surface area contributed by atoms with E-state index in [9.17, 15) is 9.59 Å². The molecule has 0 aliphatic heterocycles. The number of hydrogen-bond donors (Lipinski definition) is 1. The fourth-order valence-corrected chi connectivity index (χ4v) is 4.38. The van der Waals surface area contributed by atoms with E-state index in [0.29, 0.717) is 6.61 Å². The van der Waals surface area contributed by atoms with Crippen molar-refractivity contribution in [3.63, 3.8) is 0 Å². The van der Waals surface area contributed by atoms with E-state index in [4.69, 9.17) is 14.2 Å². The van der Waals surface area contributed by atoms with E-state index in [1.165, 1.54) is 0 Å². The Labute approximate surface area is 212 Å². The molecular formula is C30H33NO5. The van der Waals surface area contributed by atoms with Gasteiger partial charge >= 0.3 is 12.1 Å². The second-order valence-electron chi connectivity index (χ2n) is 9.00. The number of fused-ring (bicyclic) bond motifs is 3. The Kier molecular flexibility index (Phi) is 8.61. The first-order chi connectivity index (χ1) is 17.6. The van der Waals surface area contributed by atoms with Gasteiger partial charge in [0.1, 0.15) is 25.0 Å². The summed E-state index contributed by atoms with van der Waals surface area (Å²) in [4.78, 5) is 24.8. The van der Waals surface area contributed by atoms with Crippen LogP contribution in [0.15, 0.2) is 72.8 Å². The van der Waals surface area contributed by atoms with Gasteiger partial charge in [0.15, 0.2) is 0 Å². The Hall–Kier alpha value is -3.80. The van der Waals surface area contributed by atoms with Crippen molar-refractivity contribution in [1.82, 2.24) is 5.32 Å². The molecule has 1 N–H and O–H groups in total. The molecule has 36 heavy (non-hydrogen) atoms. The average Bonchev–Trinajstić information content (AvgIpc) is 3.23. The molecule has 0 fully saturated rings. The Morgan fingerprint density at radius 2 is 1.50 bits per heavy atom. The number of carbonyl (C=O) groups excluding carboxylic acids is 2. The lowest BCUT2D eigenvalue weighted by Gasteiger charge is -2.17. The lowest BCUT2D eigenvalue weighted by molar-refractivity contribution is -0.146. The van der Waals surface area contributed by atoms with Gasteiger partial charge < -0.3 is 19.5 Å². The molecule has 1 unspecified atom stereocenters. The van der Waals surface area contributed by atoms with Crippen molar-refractivity contribution in [2.75, 3.05) is 13.2 Å². The standard InChI is InChI=1S/C30H33NO5/c1-3-4-9-18-34-23-16-14-22(15-17-23)19-35-29(32)21(2)31-30(33)36-20-28-26-12-7-5-10-24(26)25-11-6-8-13-27(25)28/h5-8,10-17,21,28H,3-4,9,18-20H2,1-2H3,(H,31,33). The van der Waals surface area contributed by atoms with Crippen molar-refractivity contribution in [3.05, 3.63) is 89.5 Å². The van der Waals surface area contributed by atoms with Crippen LogP contribution in [0.5, 0.6) is 5.75 Å². The van der Waals surface area contributed by atoms with Gasteiger partial charge in [-0.2, -0.15) is 0 Å². The first-order valence-electron chi connectivity index (χ1n) is 12.6. The summed E-state index contributed by atoms with van der Waals surface area (Å²) in [5.41, 5.74) is 5.44. The molecule has 188 valence electrons. The average molecular weight is 488 g/mol. The molecule has 3 aromatic rings. The van der Waals surface area contributed by atoms with Gasteiger partial charge in [-0.1, -0.05) is 80.4 Å². The predicted molar refractivity (Wildman–Crippen MR) is 139 cm³/mol. The van der Waals surface area contributed by atoms with Gasteiger partial charge in [0.2, 0.25) is 0 Å². The topological polar surface area (TPSA) is 73.9 Å². The molecule has 0 aromatic heterocycles. The highest BCUT2D eigenvalue weighted by molar-refractivity contribution is 5.81. The van der Waals surface area contributed by atoms with E-state index in [1.807, 2.05) is 48.5 Å². The minimum absolute atomic E-state index is 0.0380. The summed E-state index contributed by atoms with van der Waals surface area (Å²) in [6.07, 6.45) is 2.69. The van der Waals surface area contributed by atoms with Crippen LogP contribution in [-0.4, -0.2) is 31.3 Å². The number of nitrogens with one attached hydrogen (secondary N) is 1. The molecule has 1 aliphatic carbocycles. The van der Waals surface area contributed by atoms with E-state index < -0.39 is 18.1 Å². The first kappa shape index (κ1) is 25.3. The van der Waals surface area contributed by atoms with Gasteiger partial charge in [-0.05, 0) is 53.3 Å². The van der Waals surface area contributed by atoms with Crippen molar-refractivity contribution < 1.29 is 23.8 Å². The Bertz CT molecular complexity index is 1130. The summed E-state index contributed by atoms with van der Waals surface area (Å²) in [7, 11) is 0. The first-order valence-corrected chi connectivity index (χ1v) is 12.6. The minimum atomic E-state index is -0.832. The smallest absolute Gasteiger partial charge is 0.407 e. The summed E-state index contributed by atoms with van der Waals surface area (Å²) >= 11 is 0. The van der Waals surface area contributed by atoms with Crippen LogP contribution in [0.3, 0.4) is 0 Å². The van der Waals surface area contributed by atoms with Crippen LogP contribution in [0.25, 0.3) is 11.1 Å². The van der Waals surface area contributed by atoms with Crippen LogP contribution in [0, 0.1) is 0 Å². The number of rotatable bonds is 11. The summed E-state index contributed by atoms with van der Waals surface area (Å²) < 4.78 is 16.6. The molecule has 0 radical (unpaired) electrons. The second-order valence-corrected chi connectivity index (χ2v) is 9.00. The Morgan fingerprint density at radius 1 is 0.861 bits per heavy atom. The monoisotopic (exact) mass is 487 g/mol. The molecule has 0 bridgehead atoms. The van der Waals surface area contributed by atoms with Crippen LogP contribution < -0.4 is 10.1 Å². The van der Waals surface area contributed by atoms with Crippen LogP contribution in [0.2, 0.25) is 0 Å². The molecule has 1 atom stereocenters. The van der Waals surface area contributed by atoms with E-state index in [-0.39, 0.29) is 19.1 Å². The molecule has 0 saturated heterocycles. The third-order valence-corrected chi connectivity index (χ3v) is 6.35.